The van der Waals surface area contributed by atoms with Gasteiger partial charge in [-0.25, -0.2) is 0 Å². The number of nitrogens with one attached hydrogen (secondary N) is 6. The van der Waals surface area contributed by atoms with Gasteiger partial charge in [-0.3, -0.25) is 28.8 Å². The van der Waals surface area contributed by atoms with E-state index in [9.17, 15) is 28.8 Å². The van der Waals surface area contributed by atoms with Gasteiger partial charge in [0.25, 0.3) is 0 Å². The molecule has 12 N–H and O–H groups in total. The zero-order valence-corrected chi connectivity index (χ0v) is 37.8. The predicted octanol–water partition coefficient (Wildman–Crippen LogP) is 3.94. The number of para-hydroxylation sites is 1. The molecule has 346 valence electrons. The highest BCUT2D eigenvalue weighted by Crippen LogP contribution is 2.23. The Kier molecular flexibility index (Phi) is 18.2. The quantitative estimate of drug-likeness (QED) is 0.0410. The Balaban J connectivity index is 1.47. The van der Waals surface area contributed by atoms with Gasteiger partial charge in [0.1, 0.15) is 30.2 Å². The summed E-state index contributed by atoms with van der Waals surface area (Å²) in [6.45, 7) is 8.06. The second-order valence-corrected chi connectivity index (χ2v) is 17.6. The molecule has 0 aliphatic rings. The predicted molar refractivity (Wildman–Crippen MR) is 254 cm³/mol. The molecule has 4 aromatic carbocycles. The summed E-state index contributed by atoms with van der Waals surface area (Å²) in [5.41, 5.74) is 20.4. The van der Waals surface area contributed by atoms with Crippen LogP contribution < -0.4 is 43.8 Å². The average molecular weight is 888 g/mol. The van der Waals surface area contributed by atoms with E-state index in [1.165, 1.54) is 0 Å². The molecule has 0 fully saturated rings. The summed E-state index contributed by atoms with van der Waals surface area (Å²) in [5, 5.41) is 16.9. The maximum absolute atomic E-state index is 14.8. The van der Waals surface area contributed by atoms with Gasteiger partial charge in [0.05, 0.1) is 6.04 Å². The maximum Gasteiger partial charge on any atom is 0.247 e. The van der Waals surface area contributed by atoms with Crippen LogP contribution in [0.4, 0.5) is 0 Å². The highest BCUT2D eigenvalue weighted by atomic mass is 16.2. The first-order chi connectivity index (χ1) is 31.1. The van der Waals surface area contributed by atoms with Crippen LogP contribution in [0.5, 0.6) is 0 Å². The van der Waals surface area contributed by atoms with E-state index in [2.05, 4.69) is 31.6 Å². The number of carbonyl (C=O) groups is 6. The number of primary amides is 1. The first-order valence-electron chi connectivity index (χ1n) is 22.5. The van der Waals surface area contributed by atoms with Gasteiger partial charge < -0.3 is 48.8 Å². The number of unbranched alkanes of at least 4 members (excludes halogenated alkanes) is 1. The van der Waals surface area contributed by atoms with E-state index < -0.39 is 71.7 Å². The van der Waals surface area contributed by atoms with Crippen LogP contribution >= 0.6 is 0 Å². The van der Waals surface area contributed by atoms with Gasteiger partial charge in [0.2, 0.25) is 35.4 Å². The monoisotopic (exact) mass is 888 g/mol. The molecular weight excluding hydrogens is 823 g/mol. The molecule has 0 saturated heterocycles. The number of H-pyrrole nitrogens is 1. The molecule has 0 saturated carbocycles. The Labute approximate surface area is 380 Å². The van der Waals surface area contributed by atoms with Crippen molar-refractivity contribution < 1.29 is 28.8 Å². The number of nitrogens with two attached hydrogens (primary N) is 3. The van der Waals surface area contributed by atoms with E-state index in [-0.39, 0.29) is 31.1 Å². The highest BCUT2D eigenvalue weighted by molar-refractivity contribution is 5.98. The Morgan fingerprint density at radius 2 is 1.09 bits per heavy atom. The van der Waals surface area contributed by atoms with Gasteiger partial charge in [0.15, 0.2) is 0 Å². The molecule has 6 amide bonds. The van der Waals surface area contributed by atoms with Gasteiger partial charge in [-0.05, 0) is 77.6 Å². The summed E-state index contributed by atoms with van der Waals surface area (Å²) >= 11 is 0. The van der Waals surface area contributed by atoms with Crippen molar-refractivity contribution in [2.75, 3.05) is 6.54 Å². The summed E-state index contributed by atoms with van der Waals surface area (Å²) in [6, 6.07) is 22.9. The van der Waals surface area contributed by atoms with Crippen molar-refractivity contribution in [3.63, 3.8) is 0 Å². The van der Waals surface area contributed by atoms with E-state index in [1.54, 1.807) is 36.5 Å². The van der Waals surface area contributed by atoms with Gasteiger partial charge in [-0.1, -0.05) is 125 Å². The number of carbonyl (C=O) groups excluding carboxylic acids is 6. The van der Waals surface area contributed by atoms with Crippen LogP contribution in [-0.2, 0) is 41.6 Å². The van der Waals surface area contributed by atoms with Crippen molar-refractivity contribution in [1.29, 1.82) is 0 Å². The van der Waals surface area contributed by atoms with Gasteiger partial charge >= 0.3 is 0 Å². The third-order valence-electron chi connectivity index (χ3n) is 11.4. The SMILES string of the molecule is CC(C)C[C@H](NC(=O)[C@H](CC(C)C)NC(=O)[C@@H](Cc1c[nH]c2ccccc12)NC(=O)[C@@H](NC(=O)[C@@H](Cc1cccc2ccccc12)NC(=O)[C@@H](N)CCCCN)c1ccccc1)C(N)=O. The third-order valence-corrected chi connectivity index (χ3v) is 11.4. The fourth-order valence-electron chi connectivity index (χ4n) is 7.96. The molecule has 65 heavy (non-hydrogen) atoms. The van der Waals surface area contributed by atoms with Crippen LogP contribution in [0.15, 0.2) is 103 Å². The normalized spacial score (nSPS) is 14.2. The lowest BCUT2D eigenvalue weighted by Crippen LogP contribution is -2.58. The van der Waals surface area contributed by atoms with Gasteiger partial charge in [-0.2, -0.15) is 0 Å². The molecule has 15 nitrogen and oxygen atoms in total. The van der Waals surface area contributed by atoms with Crippen LogP contribution in [-0.4, -0.2) is 77.2 Å². The fraction of sp³-hybridized carbons (Fsp3) is 0.400. The maximum atomic E-state index is 14.8. The zero-order valence-electron chi connectivity index (χ0n) is 37.8. The second kappa shape index (κ2) is 23.9. The smallest absolute Gasteiger partial charge is 0.247 e. The Hall–Kier alpha value is -6.58. The molecule has 6 atom stereocenters. The van der Waals surface area contributed by atoms with Crippen molar-refractivity contribution >= 4 is 57.1 Å². The lowest BCUT2D eigenvalue weighted by atomic mass is 9.97. The van der Waals surface area contributed by atoms with E-state index in [4.69, 9.17) is 17.2 Å². The molecule has 0 radical (unpaired) electrons. The Morgan fingerprint density at radius 1 is 0.554 bits per heavy atom. The molecule has 0 unspecified atom stereocenters. The van der Waals surface area contributed by atoms with Crippen LogP contribution in [0.3, 0.4) is 0 Å². The van der Waals surface area contributed by atoms with Crippen LogP contribution in [0.25, 0.3) is 21.7 Å². The highest BCUT2D eigenvalue weighted by Gasteiger charge is 2.34. The lowest BCUT2D eigenvalue weighted by Gasteiger charge is -2.28. The summed E-state index contributed by atoms with van der Waals surface area (Å²) in [7, 11) is 0. The molecule has 1 aromatic heterocycles. The Morgan fingerprint density at radius 3 is 1.77 bits per heavy atom. The number of hydrogen-bond acceptors (Lipinski definition) is 8. The van der Waals surface area contributed by atoms with Crippen molar-refractivity contribution in [3.05, 3.63) is 120 Å². The molecule has 0 spiro atoms. The van der Waals surface area contributed by atoms with Crippen LogP contribution in [0.1, 0.15) is 82.5 Å². The largest absolute Gasteiger partial charge is 0.368 e. The van der Waals surface area contributed by atoms with Crippen molar-refractivity contribution in [2.45, 2.75) is 109 Å². The van der Waals surface area contributed by atoms with Gasteiger partial charge in [0, 0.05) is 29.9 Å². The second-order valence-electron chi connectivity index (χ2n) is 17.6. The lowest BCUT2D eigenvalue weighted by molar-refractivity contribution is -0.135. The summed E-state index contributed by atoms with van der Waals surface area (Å²) in [6.07, 6.45) is 4.06. The molecule has 0 bridgehead atoms. The number of hydrogen-bond donors (Lipinski definition) is 9. The number of aromatic nitrogens is 1. The van der Waals surface area contributed by atoms with Crippen molar-refractivity contribution in [3.8, 4) is 0 Å². The number of fused-ring (bicyclic) bond motifs is 2. The molecule has 1 heterocycles. The molecule has 0 aliphatic heterocycles. The first-order valence-corrected chi connectivity index (χ1v) is 22.5. The summed E-state index contributed by atoms with van der Waals surface area (Å²) in [5.74, 6) is -3.82. The number of benzene rings is 4. The van der Waals surface area contributed by atoms with Crippen LogP contribution in [0.2, 0.25) is 0 Å². The van der Waals surface area contributed by atoms with E-state index in [1.807, 2.05) is 94.4 Å². The molecule has 5 rings (SSSR count). The zero-order chi connectivity index (χ0) is 47.0. The van der Waals surface area contributed by atoms with Crippen molar-refractivity contribution in [1.82, 2.24) is 31.6 Å². The topological polar surface area (TPSA) is 256 Å². The minimum Gasteiger partial charge on any atom is -0.368 e. The fourth-order valence-corrected chi connectivity index (χ4v) is 7.96. The van der Waals surface area contributed by atoms with E-state index in [0.29, 0.717) is 37.8 Å². The van der Waals surface area contributed by atoms with E-state index >= 15 is 0 Å². The molecule has 15 heteroatoms. The summed E-state index contributed by atoms with van der Waals surface area (Å²) in [4.78, 5) is 86.9. The standard InChI is InChI=1S/C50H65N9O6/c1-30(2)25-40(45(53)60)55-47(62)41(26-31(3)4)57-48(63)43(28-35-29-54-39-23-11-10-21-37(35)39)58-50(65)44(33-16-6-5-7-17-33)59-49(64)42(56-46(61)38(52)22-12-13-24-51)27-34-19-14-18-32-15-8-9-20-36(32)34/h5-11,14-21,23,29-31,38,40-44,54H,12-13,22,24-28,51-52H2,1-4H3,(H2,53,60)(H,55,62)(H,56,61)(H,57,63)(H,58,65)(H,59,64)/t38-,40-,41-,42+,43+,44-/m0/s1. The Bertz CT molecular complexity index is 2400. The molecule has 0 aliphatic carbocycles. The number of aromatic amines is 1. The minimum atomic E-state index is -1.34. The van der Waals surface area contributed by atoms with Gasteiger partial charge in [-0.15, -0.1) is 0 Å². The first kappa shape index (κ1) is 49.4. The molecule has 5 aromatic rings. The molecular formula is C50H65N9O6. The van der Waals surface area contributed by atoms with Crippen molar-refractivity contribution in [2.24, 2.45) is 29.0 Å². The average Bonchev–Trinajstić information content (AvgIpc) is 3.69. The number of amides is 6. The van der Waals surface area contributed by atoms with E-state index in [0.717, 1.165) is 32.8 Å². The number of rotatable bonds is 24. The third kappa shape index (κ3) is 14.2. The summed E-state index contributed by atoms with van der Waals surface area (Å²) < 4.78 is 0. The minimum absolute atomic E-state index is 0.00608. The van der Waals surface area contributed by atoms with Crippen LogP contribution in [0, 0.1) is 11.8 Å².